The topological polar surface area (TPSA) is 46.3 Å². The second-order valence-electron chi connectivity index (χ2n) is 4.86. The minimum atomic E-state index is 0.0602. The highest BCUT2D eigenvalue weighted by molar-refractivity contribution is 5.86. The summed E-state index contributed by atoms with van der Waals surface area (Å²) in [5.41, 5.74) is 5.90. The maximum Gasteiger partial charge on any atom is 0.152 e. The van der Waals surface area contributed by atoms with Crippen molar-refractivity contribution in [2.24, 2.45) is 11.7 Å². The van der Waals surface area contributed by atoms with Crippen LogP contribution in [0.15, 0.2) is 0 Å². The largest absolute Gasteiger partial charge is 0.326 e. The Labute approximate surface area is 86.6 Å². The molecule has 0 aliphatic carbocycles. The molecular formula is C11H22N2O. The highest BCUT2D eigenvalue weighted by Crippen LogP contribution is 2.22. The van der Waals surface area contributed by atoms with E-state index in [2.05, 4.69) is 18.7 Å². The van der Waals surface area contributed by atoms with Gasteiger partial charge in [-0.3, -0.25) is 9.69 Å². The van der Waals surface area contributed by atoms with Crippen LogP contribution >= 0.6 is 0 Å². The summed E-state index contributed by atoms with van der Waals surface area (Å²) in [6.45, 7) is 9.04. The van der Waals surface area contributed by atoms with Gasteiger partial charge in [0.05, 0.1) is 6.04 Å². The molecule has 0 radical (unpaired) electrons. The Morgan fingerprint density at radius 3 is 2.36 bits per heavy atom. The van der Waals surface area contributed by atoms with Gasteiger partial charge in [0.25, 0.3) is 0 Å². The zero-order valence-corrected chi connectivity index (χ0v) is 9.66. The number of hydrogen-bond donors (Lipinski definition) is 1. The maximum absolute atomic E-state index is 11.9. The molecule has 1 aliphatic heterocycles. The molecule has 1 saturated heterocycles. The molecular weight excluding hydrogens is 176 g/mol. The number of nitrogens with zero attached hydrogens (tertiary/aromatic N) is 1. The number of nitrogens with two attached hydrogens (primary N) is 1. The lowest BCUT2D eigenvalue weighted by Crippen LogP contribution is -2.42. The lowest BCUT2D eigenvalue weighted by molar-refractivity contribution is -0.126. The van der Waals surface area contributed by atoms with Crippen LogP contribution in [0.1, 0.15) is 34.1 Å². The average molecular weight is 198 g/mol. The molecule has 82 valence electrons. The van der Waals surface area contributed by atoms with Gasteiger partial charge in [-0.25, -0.2) is 0 Å². The first-order valence-corrected chi connectivity index (χ1v) is 5.48. The van der Waals surface area contributed by atoms with Gasteiger partial charge in [0.15, 0.2) is 5.78 Å². The quantitative estimate of drug-likeness (QED) is 0.736. The van der Waals surface area contributed by atoms with E-state index in [-0.39, 0.29) is 18.0 Å². The number of ketones is 1. The van der Waals surface area contributed by atoms with Crippen LogP contribution in [0, 0.1) is 5.92 Å². The Morgan fingerprint density at radius 1 is 1.36 bits per heavy atom. The Kier molecular flexibility index (Phi) is 3.67. The van der Waals surface area contributed by atoms with E-state index < -0.39 is 0 Å². The fourth-order valence-electron chi connectivity index (χ4n) is 2.13. The van der Waals surface area contributed by atoms with Crippen molar-refractivity contribution in [3.05, 3.63) is 0 Å². The number of hydrogen-bond acceptors (Lipinski definition) is 3. The molecule has 1 fully saturated rings. The van der Waals surface area contributed by atoms with Gasteiger partial charge in [-0.05, 0) is 20.3 Å². The summed E-state index contributed by atoms with van der Waals surface area (Å²) in [5, 5.41) is 0. The highest BCUT2D eigenvalue weighted by Gasteiger charge is 2.36. The molecule has 2 N–H and O–H groups in total. The molecule has 0 aromatic carbocycles. The zero-order chi connectivity index (χ0) is 10.9. The van der Waals surface area contributed by atoms with Gasteiger partial charge in [0.2, 0.25) is 0 Å². The summed E-state index contributed by atoms with van der Waals surface area (Å²) in [6.07, 6.45) is 0.829. The molecule has 3 nitrogen and oxygen atoms in total. The van der Waals surface area contributed by atoms with Gasteiger partial charge in [-0.2, -0.15) is 0 Å². The van der Waals surface area contributed by atoms with Crippen LogP contribution in [-0.4, -0.2) is 35.4 Å². The van der Waals surface area contributed by atoms with Crippen molar-refractivity contribution in [1.29, 1.82) is 0 Å². The number of likely N-dealkylation sites (tertiary alicyclic amines) is 1. The van der Waals surface area contributed by atoms with Crippen LogP contribution < -0.4 is 5.73 Å². The summed E-state index contributed by atoms with van der Waals surface area (Å²) >= 11 is 0. The second-order valence-corrected chi connectivity index (χ2v) is 4.86. The molecule has 2 atom stereocenters. The smallest absolute Gasteiger partial charge is 0.152 e. The molecule has 0 aromatic rings. The van der Waals surface area contributed by atoms with Crippen molar-refractivity contribution in [3.8, 4) is 0 Å². The Balaban J connectivity index is 2.71. The van der Waals surface area contributed by atoms with Crippen LogP contribution in [-0.2, 0) is 4.79 Å². The second kappa shape index (κ2) is 4.41. The summed E-state index contributed by atoms with van der Waals surface area (Å²) in [7, 11) is 0. The van der Waals surface area contributed by atoms with Crippen LogP contribution in [0.5, 0.6) is 0 Å². The Morgan fingerprint density at radius 2 is 1.93 bits per heavy atom. The molecule has 1 rings (SSSR count). The Hall–Kier alpha value is -0.410. The third kappa shape index (κ3) is 2.34. The fourth-order valence-corrected chi connectivity index (χ4v) is 2.13. The summed E-state index contributed by atoms with van der Waals surface area (Å²) < 4.78 is 0. The normalized spacial score (nSPS) is 29.1. The first kappa shape index (κ1) is 11.7. The van der Waals surface area contributed by atoms with Crippen molar-refractivity contribution < 1.29 is 4.79 Å². The van der Waals surface area contributed by atoms with Crippen LogP contribution in [0.2, 0.25) is 0 Å². The van der Waals surface area contributed by atoms with Crippen molar-refractivity contribution in [1.82, 2.24) is 4.90 Å². The van der Waals surface area contributed by atoms with Crippen LogP contribution in [0.3, 0.4) is 0 Å². The lowest BCUT2D eigenvalue weighted by Gasteiger charge is -2.28. The monoisotopic (exact) mass is 198 g/mol. The van der Waals surface area contributed by atoms with Crippen molar-refractivity contribution >= 4 is 5.78 Å². The van der Waals surface area contributed by atoms with Gasteiger partial charge in [-0.15, -0.1) is 0 Å². The maximum atomic E-state index is 11.9. The van der Waals surface area contributed by atoms with Crippen molar-refractivity contribution in [2.45, 2.75) is 52.2 Å². The standard InChI is InChI=1S/C11H22N2O/c1-7(2)11(14)10-5-9(12)6-13(10)8(3)4/h7-10H,5-6,12H2,1-4H3/t9-,10+/m1/s1. The summed E-state index contributed by atoms with van der Waals surface area (Å²) in [5.74, 6) is 0.457. The van der Waals surface area contributed by atoms with E-state index in [0.29, 0.717) is 11.8 Å². The lowest BCUT2D eigenvalue weighted by atomic mass is 9.98. The highest BCUT2D eigenvalue weighted by atomic mass is 16.1. The summed E-state index contributed by atoms with van der Waals surface area (Å²) in [4.78, 5) is 14.1. The molecule has 0 aromatic heterocycles. The van der Waals surface area contributed by atoms with Gasteiger partial charge >= 0.3 is 0 Å². The fraction of sp³-hybridized carbons (Fsp3) is 0.909. The summed E-state index contributed by atoms with van der Waals surface area (Å²) in [6, 6.07) is 0.645. The third-order valence-electron chi connectivity index (χ3n) is 2.93. The van der Waals surface area contributed by atoms with E-state index in [1.807, 2.05) is 13.8 Å². The van der Waals surface area contributed by atoms with E-state index in [0.717, 1.165) is 13.0 Å². The predicted molar refractivity (Wildman–Crippen MR) is 58.1 cm³/mol. The number of rotatable bonds is 3. The predicted octanol–water partition coefficient (Wildman–Crippen LogP) is 1.02. The SMILES string of the molecule is CC(C)C(=O)[C@@H]1C[C@@H](N)CN1C(C)C. The van der Waals surface area contributed by atoms with E-state index >= 15 is 0 Å². The van der Waals surface area contributed by atoms with Gasteiger partial charge < -0.3 is 5.73 Å². The van der Waals surface area contributed by atoms with Gasteiger partial charge in [0.1, 0.15) is 0 Å². The van der Waals surface area contributed by atoms with E-state index in [9.17, 15) is 4.79 Å². The van der Waals surface area contributed by atoms with Crippen LogP contribution in [0.25, 0.3) is 0 Å². The van der Waals surface area contributed by atoms with Gasteiger partial charge in [-0.1, -0.05) is 13.8 Å². The molecule has 0 saturated carbocycles. The van der Waals surface area contributed by atoms with E-state index in [1.165, 1.54) is 0 Å². The average Bonchev–Trinajstić information content (AvgIpc) is 2.45. The number of Topliss-reactive ketones (excluding diaryl/α,β-unsaturated/α-hetero) is 1. The molecule has 1 aliphatic rings. The van der Waals surface area contributed by atoms with E-state index in [4.69, 9.17) is 5.73 Å². The zero-order valence-electron chi connectivity index (χ0n) is 9.66. The molecule has 0 spiro atoms. The van der Waals surface area contributed by atoms with Crippen molar-refractivity contribution in [3.63, 3.8) is 0 Å². The van der Waals surface area contributed by atoms with Crippen LogP contribution in [0.4, 0.5) is 0 Å². The third-order valence-corrected chi connectivity index (χ3v) is 2.93. The minimum absolute atomic E-state index is 0.0602. The molecule has 14 heavy (non-hydrogen) atoms. The van der Waals surface area contributed by atoms with Gasteiger partial charge in [0, 0.05) is 24.5 Å². The number of carbonyl (C=O) groups excluding carboxylic acids is 1. The minimum Gasteiger partial charge on any atom is -0.326 e. The first-order valence-electron chi connectivity index (χ1n) is 5.48. The number of carbonyl (C=O) groups is 1. The molecule has 0 amide bonds. The van der Waals surface area contributed by atoms with E-state index in [1.54, 1.807) is 0 Å². The van der Waals surface area contributed by atoms with Crippen molar-refractivity contribution in [2.75, 3.05) is 6.54 Å². The molecule has 1 heterocycles. The molecule has 0 unspecified atom stereocenters. The molecule has 3 heteroatoms. The molecule has 0 bridgehead atoms. The first-order chi connectivity index (χ1) is 6.43. The Bertz CT molecular complexity index is 213.